The number of carbonyl (C=O) groups excluding carboxylic acids is 1. The number of hydrogen-bond donors (Lipinski definition) is 1. The Hall–Kier alpha value is -1.26. The Morgan fingerprint density at radius 3 is 2.88 bits per heavy atom. The Kier molecular flexibility index (Phi) is 3.54. The van der Waals surface area contributed by atoms with Gasteiger partial charge in [0, 0.05) is 18.3 Å². The number of nitrogens with zero attached hydrogens (tertiary/aromatic N) is 1. The Balaban J connectivity index is 2.26. The summed E-state index contributed by atoms with van der Waals surface area (Å²) < 4.78 is 5.15. The Bertz CT molecular complexity index is 437. The number of benzene rings is 1. The van der Waals surface area contributed by atoms with Gasteiger partial charge in [-0.15, -0.1) is 0 Å². The highest BCUT2D eigenvalue weighted by molar-refractivity contribution is 6.32. The van der Waals surface area contributed by atoms with E-state index in [1.165, 1.54) is 0 Å². The number of ether oxygens (including phenoxy) is 1. The van der Waals surface area contributed by atoms with Gasteiger partial charge >= 0.3 is 0 Å². The van der Waals surface area contributed by atoms with E-state index < -0.39 is 0 Å². The molecule has 1 fully saturated rings. The number of likely N-dealkylation sites (N-methyl/N-ethyl adjacent to an activating group) is 1. The summed E-state index contributed by atoms with van der Waals surface area (Å²) in [5.74, 6) is 0.682. The van der Waals surface area contributed by atoms with Crippen molar-refractivity contribution in [2.75, 3.05) is 25.6 Å². The maximum absolute atomic E-state index is 12.0. The van der Waals surface area contributed by atoms with Crippen molar-refractivity contribution < 1.29 is 9.53 Å². The number of carbonyl (C=O) groups is 1. The first-order valence-corrected chi connectivity index (χ1v) is 5.87. The molecule has 1 atom stereocenters. The lowest BCUT2D eigenvalue weighted by Crippen LogP contribution is -2.36. The van der Waals surface area contributed by atoms with Crippen LogP contribution < -0.4 is 15.0 Å². The van der Waals surface area contributed by atoms with Gasteiger partial charge in [0.1, 0.15) is 5.75 Å². The van der Waals surface area contributed by atoms with Crippen LogP contribution >= 0.6 is 11.6 Å². The van der Waals surface area contributed by atoms with Gasteiger partial charge < -0.3 is 15.0 Å². The average molecular weight is 255 g/mol. The Morgan fingerprint density at radius 1 is 1.53 bits per heavy atom. The van der Waals surface area contributed by atoms with Crippen LogP contribution in [0.15, 0.2) is 18.2 Å². The van der Waals surface area contributed by atoms with Gasteiger partial charge in [0.15, 0.2) is 0 Å². The van der Waals surface area contributed by atoms with Crippen molar-refractivity contribution in [3.8, 4) is 5.75 Å². The third kappa shape index (κ3) is 2.23. The van der Waals surface area contributed by atoms with Gasteiger partial charge in [-0.2, -0.15) is 0 Å². The number of hydrogen-bond acceptors (Lipinski definition) is 3. The number of halogens is 1. The molecule has 1 aromatic rings. The standard InChI is InChI=1S/C12H15ClN2O2/c1-14-10-5-6-15(12(10)16)8-3-4-9(13)11(7-8)17-2/h3-4,7,10,14H,5-6H2,1-2H3. The molecule has 17 heavy (non-hydrogen) atoms. The largest absolute Gasteiger partial charge is 0.495 e. The van der Waals surface area contributed by atoms with Crippen molar-refractivity contribution in [1.29, 1.82) is 0 Å². The van der Waals surface area contributed by atoms with Crippen molar-refractivity contribution in [3.63, 3.8) is 0 Å². The minimum atomic E-state index is -0.0864. The van der Waals surface area contributed by atoms with Crippen LogP contribution in [0.3, 0.4) is 0 Å². The molecule has 0 bridgehead atoms. The molecule has 1 saturated heterocycles. The summed E-state index contributed by atoms with van der Waals surface area (Å²) in [5, 5.41) is 3.55. The molecule has 2 rings (SSSR count). The van der Waals surface area contributed by atoms with E-state index in [-0.39, 0.29) is 11.9 Å². The lowest BCUT2D eigenvalue weighted by molar-refractivity contribution is -0.118. The molecule has 0 aromatic heterocycles. The first kappa shape index (κ1) is 12.2. The predicted octanol–water partition coefficient (Wildman–Crippen LogP) is 1.67. The molecule has 0 radical (unpaired) electrons. The maximum atomic E-state index is 12.0. The summed E-state index contributed by atoms with van der Waals surface area (Å²) in [6, 6.07) is 5.28. The van der Waals surface area contributed by atoms with E-state index in [0.29, 0.717) is 10.8 Å². The molecule has 1 aliphatic heterocycles. The number of rotatable bonds is 3. The minimum Gasteiger partial charge on any atom is -0.495 e. The topological polar surface area (TPSA) is 41.6 Å². The lowest BCUT2D eigenvalue weighted by Gasteiger charge is -2.17. The quantitative estimate of drug-likeness (QED) is 0.892. The van der Waals surface area contributed by atoms with Crippen molar-refractivity contribution >= 4 is 23.2 Å². The van der Waals surface area contributed by atoms with Crippen molar-refractivity contribution in [2.24, 2.45) is 0 Å². The molecule has 92 valence electrons. The normalized spacial score (nSPS) is 19.8. The minimum absolute atomic E-state index is 0.0864. The van der Waals surface area contributed by atoms with Crippen LogP contribution in [0.5, 0.6) is 5.75 Å². The SMILES string of the molecule is CNC1CCN(c2ccc(Cl)c(OC)c2)C1=O. The van der Waals surface area contributed by atoms with Gasteiger partial charge in [-0.05, 0) is 25.6 Å². The molecular weight excluding hydrogens is 240 g/mol. The van der Waals surface area contributed by atoms with Gasteiger partial charge in [0.05, 0.1) is 18.2 Å². The van der Waals surface area contributed by atoms with Crippen LogP contribution in [-0.4, -0.2) is 32.7 Å². The Morgan fingerprint density at radius 2 is 2.29 bits per heavy atom. The van der Waals surface area contributed by atoms with Gasteiger partial charge in [-0.3, -0.25) is 4.79 Å². The molecule has 4 nitrogen and oxygen atoms in total. The summed E-state index contributed by atoms with van der Waals surface area (Å²) >= 11 is 5.95. The zero-order chi connectivity index (χ0) is 12.4. The van der Waals surface area contributed by atoms with Crippen molar-refractivity contribution in [3.05, 3.63) is 23.2 Å². The van der Waals surface area contributed by atoms with Crippen LogP contribution in [-0.2, 0) is 4.79 Å². The third-order valence-corrected chi connectivity index (χ3v) is 3.31. The fraction of sp³-hybridized carbons (Fsp3) is 0.417. The van der Waals surface area contributed by atoms with E-state index >= 15 is 0 Å². The molecule has 1 aliphatic rings. The second-order valence-electron chi connectivity index (χ2n) is 3.94. The van der Waals surface area contributed by atoms with Crippen LogP contribution in [0.1, 0.15) is 6.42 Å². The molecule has 1 unspecified atom stereocenters. The first-order chi connectivity index (χ1) is 8.17. The van der Waals surface area contributed by atoms with Crippen LogP contribution in [0.2, 0.25) is 5.02 Å². The van der Waals surface area contributed by atoms with E-state index in [9.17, 15) is 4.79 Å². The summed E-state index contributed by atoms with van der Waals surface area (Å²) in [6.07, 6.45) is 0.820. The molecule has 0 saturated carbocycles. The summed E-state index contributed by atoms with van der Waals surface area (Å²) in [7, 11) is 3.36. The average Bonchev–Trinajstić information content (AvgIpc) is 2.71. The highest BCUT2D eigenvalue weighted by atomic mass is 35.5. The van der Waals surface area contributed by atoms with E-state index in [1.807, 2.05) is 6.07 Å². The van der Waals surface area contributed by atoms with Crippen LogP contribution in [0.25, 0.3) is 0 Å². The molecule has 1 amide bonds. The van der Waals surface area contributed by atoms with Gasteiger partial charge in [-0.1, -0.05) is 11.6 Å². The van der Waals surface area contributed by atoms with Gasteiger partial charge in [0.2, 0.25) is 5.91 Å². The summed E-state index contributed by atoms with van der Waals surface area (Å²) in [6.45, 7) is 0.717. The zero-order valence-electron chi connectivity index (χ0n) is 9.87. The Labute approximate surface area is 106 Å². The van der Waals surface area contributed by atoms with E-state index in [4.69, 9.17) is 16.3 Å². The molecular formula is C12H15ClN2O2. The number of methoxy groups -OCH3 is 1. The molecule has 0 aliphatic carbocycles. The third-order valence-electron chi connectivity index (χ3n) is 3.00. The molecule has 5 heteroatoms. The molecule has 1 aromatic carbocycles. The predicted molar refractivity (Wildman–Crippen MR) is 67.8 cm³/mol. The van der Waals surface area contributed by atoms with E-state index in [0.717, 1.165) is 18.7 Å². The highest BCUT2D eigenvalue weighted by Crippen LogP contribution is 2.31. The molecule has 1 heterocycles. The second-order valence-corrected chi connectivity index (χ2v) is 4.35. The smallest absolute Gasteiger partial charge is 0.244 e. The number of nitrogens with one attached hydrogen (secondary N) is 1. The fourth-order valence-electron chi connectivity index (χ4n) is 2.02. The van der Waals surface area contributed by atoms with Gasteiger partial charge in [0.25, 0.3) is 0 Å². The second kappa shape index (κ2) is 4.94. The zero-order valence-corrected chi connectivity index (χ0v) is 10.6. The van der Waals surface area contributed by atoms with Crippen LogP contribution in [0.4, 0.5) is 5.69 Å². The maximum Gasteiger partial charge on any atom is 0.244 e. The lowest BCUT2D eigenvalue weighted by atomic mass is 10.2. The van der Waals surface area contributed by atoms with Gasteiger partial charge in [-0.25, -0.2) is 0 Å². The fourth-order valence-corrected chi connectivity index (χ4v) is 2.22. The molecule has 0 spiro atoms. The van der Waals surface area contributed by atoms with E-state index in [1.54, 1.807) is 31.2 Å². The van der Waals surface area contributed by atoms with Crippen LogP contribution in [0, 0.1) is 0 Å². The van der Waals surface area contributed by atoms with E-state index in [2.05, 4.69) is 5.32 Å². The number of amides is 1. The summed E-state index contributed by atoms with van der Waals surface area (Å²) in [5.41, 5.74) is 0.828. The molecule has 1 N–H and O–H groups in total. The summed E-state index contributed by atoms with van der Waals surface area (Å²) in [4.78, 5) is 13.8. The highest BCUT2D eigenvalue weighted by Gasteiger charge is 2.31. The van der Waals surface area contributed by atoms with Crippen molar-refractivity contribution in [1.82, 2.24) is 5.32 Å². The van der Waals surface area contributed by atoms with Crippen molar-refractivity contribution in [2.45, 2.75) is 12.5 Å². The number of anilines is 1. The first-order valence-electron chi connectivity index (χ1n) is 5.49. The monoisotopic (exact) mass is 254 g/mol.